The zero-order chi connectivity index (χ0) is 16.9. The third kappa shape index (κ3) is 2.64. The van der Waals surface area contributed by atoms with E-state index in [2.05, 4.69) is 14.5 Å². The van der Waals surface area contributed by atoms with Gasteiger partial charge in [0.2, 0.25) is 0 Å². The molecular formula is C15H13F2N3O3S. The number of halogens is 2. The van der Waals surface area contributed by atoms with Crippen molar-refractivity contribution in [3.8, 4) is 17.2 Å². The maximum absolute atomic E-state index is 13.1. The van der Waals surface area contributed by atoms with Gasteiger partial charge in [-0.1, -0.05) is 0 Å². The Morgan fingerprint density at radius 2 is 2.04 bits per heavy atom. The van der Waals surface area contributed by atoms with Crippen molar-refractivity contribution in [2.75, 3.05) is 13.1 Å². The Morgan fingerprint density at radius 1 is 1.29 bits per heavy atom. The highest BCUT2D eigenvalue weighted by Crippen LogP contribution is 2.41. The Hall–Kier alpha value is -2.42. The predicted molar refractivity (Wildman–Crippen MR) is 81.7 cm³/mol. The second-order valence-electron chi connectivity index (χ2n) is 5.53. The highest BCUT2D eigenvalue weighted by atomic mass is 32.1. The van der Waals surface area contributed by atoms with Gasteiger partial charge in [-0.05, 0) is 25.5 Å². The Labute approximate surface area is 139 Å². The van der Waals surface area contributed by atoms with Crippen LogP contribution < -0.4 is 14.3 Å². The fourth-order valence-electron chi connectivity index (χ4n) is 2.47. The van der Waals surface area contributed by atoms with E-state index in [-0.39, 0.29) is 17.5 Å². The molecule has 126 valence electrons. The first-order valence-corrected chi connectivity index (χ1v) is 8.16. The molecule has 2 aliphatic heterocycles. The highest BCUT2D eigenvalue weighted by molar-refractivity contribution is 7.09. The monoisotopic (exact) mass is 353 g/mol. The van der Waals surface area contributed by atoms with Gasteiger partial charge in [-0.3, -0.25) is 4.57 Å². The summed E-state index contributed by atoms with van der Waals surface area (Å²) in [5.41, 5.74) is 0.564. The molecule has 0 spiro atoms. The largest absolute Gasteiger partial charge is 0.586 e. The molecule has 0 saturated carbocycles. The average molecular weight is 353 g/mol. The molecule has 2 aromatic rings. The number of benzene rings is 1. The molecule has 3 heterocycles. The number of carbonyl (C=O) groups is 1. The van der Waals surface area contributed by atoms with Crippen LogP contribution >= 0.6 is 11.3 Å². The van der Waals surface area contributed by atoms with E-state index in [0.29, 0.717) is 23.6 Å². The van der Waals surface area contributed by atoms with Crippen LogP contribution in [0.25, 0.3) is 5.69 Å². The van der Waals surface area contributed by atoms with Crippen LogP contribution in [0, 0.1) is 6.92 Å². The minimum absolute atomic E-state index is 0.0218. The molecule has 0 bridgehead atoms. The van der Waals surface area contributed by atoms with Gasteiger partial charge in [-0.15, -0.1) is 20.1 Å². The maximum atomic E-state index is 13.1. The molecular weight excluding hydrogens is 340 g/mol. The van der Waals surface area contributed by atoms with Crippen LogP contribution in [0.3, 0.4) is 0 Å². The molecule has 0 aliphatic carbocycles. The summed E-state index contributed by atoms with van der Waals surface area (Å²) < 4.78 is 36.8. The van der Waals surface area contributed by atoms with Gasteiger partial charge < -0.3 is 14.4 Å². The topological polar surface area (TPSA) is 56.1 Å². The number of hydrogen-bond donors (Lipinski definition) is 0. The zero-order valence-electron chi connectivity index (χ0n) is 12.7. The summed E-state index contributed by atoms with van der Waals surface area (Å²) in [5.74, 6) is -0.0691. The first-order valence-electron chi connectivity index (χ1n) is 7.34. The van der Waals surface area contributed by atoms with E-state index >= 15 is 0 Å². The van der Waals surface area contributed by atoms with Crippen LogP contribution in [0.2, 0.25) is 0 Å². The van der Waals surface area contributed by atoms with Gasteiger partial charge in [0.15, 0.2) is 16.3 Å². The molecule has 0 radical (unpaired) electrons. The predicted octanol–water partition coefficient (Wildman–Crippen LogP) is 2.90. The van der Waals surface area contributed by atoms with Crippen LogP contribution in [0.15, 0.2) is 29.4 Å². The Morgan fingerprint density at radius 3 is 2.75 bits per heavy atom. The number of likely N-dealkylation sites (tertiary alicyclic amines) is 1. The number of ether oxygens (including phenoxy) is 2. The molecule has 1 saturated heterocycles. The summed E-state index contributed by atoms with van der Waals surface area (Å²) >= 11 is 1.35. The second kappa shape index (κ2) is 5.30. The number of rotatable bonds is 1. The van der Waals surface area contributed by atoms with Gasteiger partial charge in [-0.2, -0.15) is 4.99 Å². The second-order valence-corrected chi connectivity index (χ2v) is 6.74. The number of thiazole rings is 1. The molecule has 6 nitrogen and oxygen atoms in total. The lowest BCUT2D eigenvalue weighted by Gasteiger charge is -2.28. The first-order chi connectivity index (χ1) is 11.4. The number of fused-ring (bicyclic) bond motifs is 1. The number of carbonyl (C=O) groups excluding carboxylic acids is 1. The quantitative estimate of drug-likeness (QED) is 0.792. The van der Waals surface area contributed by atoms with E-state index in [1.54, 1.807) is 21.7 Å². The van der Waals surface area contributed by atoms with Crippen LogP contribution in [-0.2, 0) is 0 Å². The third-order valence-corrected chi connectivity index (χ3v) is 4.65. The van der Waals surface area contributed by atoms with Crippen molar-refractivity contribution >= 4 is 17.4 Å². The number of urea groups is 1. The van der Waals surface area contributed by atoms with Gasteiger partial charge in [-0.25, -0.2) is 4.79 Å². The highest BCUT2D eigenvalue weighted by Gasteiger charge is 2.43. The van der Waals surface area contributed by atoms with Crippen molar-refractivity contribution in [3.63, 3.8) is 0 Å². The molecule has 4 rings (SSSR count). The van der Waals surface area contributed by atoms with Gasteiger partial charge >= 0.3 is 12.3 Å². The Kier molecular flexibility index (Phi) is 3.34. The summed E-state index contributed by atoms with van der Waals surface area (Å²) in [7, 11) is 0. The summed E-state index contributed by atoms with van der Waals surface area (Å²) in [4.78, 5) is 19.3. The van der Waals surface area contributed by atoms with Gasteiger partial charge in [0.05, 0.1) is 5.69 Å². The number of amides is 2. The Bertz CT molecular complexity index is 886. The first kappa shape index (κ1) is 15.1. The van der Waals surface area contributed by atoms with Crippen molar-refractivity contribution in [2.24, 2.45) is 4.99 Å². The maximum Gasteiger partial charge on any atom is 0.586 e. The normalized spacial score (nSPS) is 18.6. The summed E-state index contributed by atoms with van der Waals surface area (Å²) in [5, 5.41) is 0. The SMILES string of the molecule is Cc1cn(-c2ccc3c(c2)OC(F)(F)O3)/c(=N/C(=O)N2CCC2)s1. The number of nitrogens with zero attached hydrogens (tertiary/aromatic N) is 3. The van der Waals surface area contributed by atoms with E-state index in [4.69, 9.17) is 0 Å². The molecule has 2 aliphatic rings. The molecule has 0 unspecified atom stereocenters. The van der Waals surface area contributed by atoms with Gasteiger partial charge in [0, 0.05) is 30.2 Å². The van der Waals surface area contributed by atoms with Crippen LogP contribution in [0.5, 0.6) is 11.5 Å². The van der Waals surface area contributed by atoms with Crippen molar-refractivity contribution in [2.45, 2.75) is 19.6 Å². The van der Waals surface area contributed by atoms with Crippen molar-refractivity contribution in [1.29, 1.82) is 0 Å². The van der Waals surface area contributed by atoms with Gasteiger partial charge in [0.1, 0.15) is 0 Å². The molecule has 2 amide bonds. The number of hydrogen-bond acceptors (Lipinski definition) is 4. The minimum Gasteiger partial charge on any atom is -0.395 e. The van der Waals surface area contributed by atoms with Crippen molar-refractivity contribution in [1.82, 2.24) is 9.47 Å². The van der Waals surface area contributed by atoms with Crippen LogP contribution in [0.1, 0.15) is 11.3 Å². The molecule has 1 aromatic carbocycles. The lowest BCUT2D eigenvalue weighted by atomic mass is 10.2. The van der Waals surface area contributed by atoms with Crippen molar-refractivity contribution < 1.29 is 23.0 Å². The fourth-order valence-corrected chi connectivity index (χ4v) is 3.29. The minimum atomic E-state index is -3.66. The summed E-state index contributed by atoms with van der Waals surface area (Å²) in [6, 6.07) is 4.18. The van der Waals surface area contributed by atoms with E-state index in [9.17, 15) is 13.6 Å². The lowest BCUT2D eigenvalue weighted by molar-refractivity contribution is -0.286. The summed E-state index contributed by atoms with van der Waals surface area (Å²) in [6.45, 7) is 3.31. The van der Waals surface area contributed by atoms with Crippen LogP contribution in [-0.4, -0.2) is 34.9 Å². The zero-order valence-corrected chi connectivity index (χ0v) is 13.5. The van der Waals surface area contributed by atoms with Crippen LogP contribution in [0.4, 0.5) is 13.6 Å². The molecule has 9 heteroatoms. The lowest BCUT2D eigenvalue weighted by Crippen LogP contribution is -2.41. The number of alkyl halides is 2. The van der Waals surface area contributed by atoms with E-state index in [1.807, 2.05) is 6.92 Å². The van der Waals surface area contributed by atoms with Crippen molar-refractivity contribution in [3.05, 3.63) is 34.1 Å². The Balaban J connectivity index is 1.73. The van der Waals surface area contributed by atoms with E-state index in [0.717, 1.165) is 11.3 Å². The molecule has 1 aromatic heterocycles. The average Bonchev–Trinajstić information content (AvgIpc) is 2.93. The molecule has 24 heavy (non-hydrogen) atoms. The fraction of sp³-hybridized carbons (Fsp3) is 0.333. The molecule has 0 atom stereocenters. The number of aryl methyl sites for hydroxylation is 1. The molecule has 0 N–H and O–H groups in total. The standard InChI is InChI=1S/C15H13F2N3O3S/c1-9-8-20(14(24-9)18-13(21)19-5-2-6-19)10-3-4-11-12(7-10)23-15(16,17)22-11/h3-4,7-8H,2,5-6H2,1H3/b18-14-. The van der Waals surface area contributed by atoms with E-state index < -0.39 is 6.29 Å². The van der Waals surface area contributed by atoms with Gasteiger partial charge in [0.25, 0.3) is 0 Å². The third-order valence-electron chi connectivity index (χ3n) is 3.75. The van der Waals surface area contributed by atoms with E-state index in [1.165, 1.54) is 23.5 Å². The number of aromatic nitrogens is 1. The smallest absolute Gasteiger partial charge is 0.395 e. The molecule has 1 fully saturated rings. The summed E-state index contributed by atoms with van der Waals surface area (Å²) in [6.07, 6.45) is -0.874.